The van der Waals surface area contributed by atoms with Crippen LogP contribution in [0.4, 0.5) is 23.3 Å². The number of ether oxygens (including phenoxy) is 1. The molecule has 4 rings (SSSR count). The largest absolute Gasteiger partial charge is 0.403 e. The highest BCUT2D eigenvalue weighted by Gasteiger charge is 2.15. The van der Waals surface area contributed by atoms with Gasteiger partial charge in [0.1, 0.15) is 5.02 Å². The number of anilines is 4. The summed E-state index contributed by atoms with van der Waals surface area (Å²) in [6, 6.07) is 15.5. The number of rotatable bonds is 6. The second-order valence-corrected chi connectivity index (χ2v) is 8.11. The van der Waals surface area contributed by atoms with Gasteiger partial charge in [0, 0.05) is 0 Å². The zero-order valence-electron chi connectivity index (χ0n) is 15.8. The molecule has 0 saturated heterocycles. The van der Waals surface area contributed by atoms with Crippen LogP contribution < -0.4 is 15.4 Å². The van der Waals surface area contributed by atoms with Crippen LogP contribution in [0.1, 0.15) is 0 Å². The number of pyridine rings is 1. The Bertz CT molecular complexity index is 1220. The molecule has 0 atom stereocenters. The van der Waals surface area contributed by atoms with Gasteiger partial charge in [-0.25, -0.2) is 0 Å². The van der Waals surface area contributed by atoms with E-state index in [1.165, 1.54) is 6.07 Å². The number of nitrogens with one attached hydrogen (secondary N) is 2. The maximum atomic E-state index is 6.23. The lowest BCUT2D eigenvalue weighted by Crippen LogP contribution is -2.06. The third-order valence-corrected chi connectivity index (χ3v) is 5.50. The van der Waals surface area contributed by atoms with Crippen molar-refractivity contribution >= 4 is 81.3 Å². The molecule has 4 aromatic rings. The monoisotopic (exact) mass is 526 g/mol. The molecule has 0 aliphatic carbocycles. The quantitative estimate of drug-likeness (QED) is 0.247. The predicted molar refractivity (Wildman–Crippen MR) is 129 cm³/mol. The van der Waals surface area contributed by atoms with Gasteiger partial charge in [-0.3, -0.25) is 0 Å². The molecule has 0 aliphatic rings. The molecule has 0 radical (unpaired) electrons. The van der Waals surface area contributed by atoms with E-state index in [4.69, 9.17) is 62.7 Å². The maximum absolute atomic E-state index is 6.23. The summed E-state index contributed by atoms with van der Waals surface area (Å²) >= 11 is 30.5. The van der Waals surface area contributed by atoms with Gasteiger partial charge in [-0.1, -0.05) is 82.3 Å². The van der Waals surface area contributed by atoms with Gasteiger partial charge in [0.15, 0.2) is 5.15 Å². The molecule has 0 spiro atoms. The molecule has 32 heavy (non-hydrogen) atoms. The van der Waals surface area contributed by atoms with Gasteiger partial charge < -0.3 is 15.4 Å². The first-order chi connectivity index (χ1) is 15.4. The van der Waals surface area contributed by atoms with E-state index in [-0.39, 0.29) is 39.0 Å². The molecule has 0 saturated carbocycles. The average Bonchev–Trinajstić information content (AvgIpc) is 2.75. The molecule has 2 heterocycles. The highest BCUT2D eigenvalue weighted by molar-refractivity contribution is 6.42. The Labute approximate surface area is 207 Å². The van der Waals surface area contributed by atoms with Gasteiger partial charge in [0.2, 0.25) is 17.8 Å². The molecule has 162 valence electrons. The van der Waals surface area contributed by atoms with Crippen molar-refractivity contribution in [3.63, 3.8) is 0 Å². The first-order valence-electron chi connectivity index (χ1n) is 8.87. The summed E-state index contributed by atoms with van der Waals surface area (Å²) in [5.74, 6) is 0.266. The lowest BCUT2D eigenvalue weighted by molar-refractivity contribution is 0.425. The van der Waals surface area contributed by atoms with E-state index in [0.29, 0.717) is 21.4 Å². The molecule has 2 aromatic heterocycles. The van der Waals surface area contributed by atoms with Crippen molar-refractivity contribution in [2.24, 2.45) is 0 Å². The second-order valence-electron chi connectivity index (χ2n) is 6.12. The first-order valence-corrected chi connectivity index (χ1v) is 10.8. The zero-order chi connectivity index (χ0) is 22.7. The second kappa shape index (κ2) is 9.94. The number of hydrogen-bond acceptors (Lipinski definition) is 7. The third-order valence-electron chi connectivity index (χ3n) is 3.90. The number of para-hydroxylation sites is 2. The molecule has 0 fully saturated rings. The Hall–Kier alpha value is -2.55. The van der Waals surface area contributed by atoms with E-state index < -0.39 is 0 Å². The Morgan fingerprint density at radius 1 is 0.594 bits per heavy atom. The summed E-state index contributed by atoms with van der Waals surface area (Å²) < 4.78 is 5.67. The van der Waals surface area contributed by atoms with Crippen molar-refractivity contribution in [2.45, 2.75) is 0 Å². The lowest BCUT2D eigenvalue weighted by atomic mass is 10.3. The van der Waals surface area contributed by atoms with Crippen LogP contribution in [-0.2, 0) is 0 Å². The summed E-state index contributed by atoms with van der Waals surface area (Å²) in [5, 5.41) is 7.33. The van der Waals surface area contributed by atoms with Gasteiger partial charge in [0.05, 0.1) is 26.4 Å². The Morgan fingerprint density at radius 2 is 1.12 bits per heavy atom. The minimum atomic E-state index is -0.114. The van der Waals surface area contributed by atoms with Crippen molar-refractivity contribution < 1.29 is 4.74 Å². The SMILES string of the molecule is Clc1ccccc1Nc1nc(Nc2ccccc2Cl)nc(Oc2nc(Cl)c(Cl)cc2Cl)n1. The summed E-state index contributed by atoms with van der Waals surface area (Å²) in [6.45, 7) is 0. The third kappa shape index (κ3) is 5.43. The normalized spacial score (nSPS) is 10.7. The fraction of sp³-hybridized carbons (Fsp3) is 0. The zero-order valence-corrected chi connectivity index (χ0v) is 19.6. The number of aromatic nitrogens is 4. The molecule has 7 nitrogen and oxygen atoms in total. The summed E-state index contributed by atoms with van der Waals surface area (Å²) in [4.78, 5) is 16.9. The Kier molecular flexibility index (Phi) is 7.03. The van der Waals surface area contributed by atoms with Gasteiger partial charge >= 0.3 is 6.01 Å². The predicted octanol–water partition coefficient (Wildman–Crippen LogP) is 7.81. The van der Waals surface area contributed by atoms with Gasteiger partial charge in [-0.15, -0.1) is 0 Å². The van der Waals surface area contributed by atoms with Crippen LogP contribution in [-0.4, -0.2) is 19.9 Å². The van der Waals surface area contributed by atoms with Crippen LogP contribution in [0.2, 0.25) is 25.2 Å². The van der Waals surface area contributed by atoms with E-state index >= 15 is 0 Å². The van der Waals surface area contributed by atoms with Crippen molar-refractivity contribution in [1.29, 1.82) is 0 Å². The average molecular weight is 529 g/mol. The van der Waals surface area contributed by atoms with Crippen molar-refractivity contribution in [3.05, 3.63) is 79.8 Å². The first kappa shape index (κ1) is 22.6. The molecule has 2 aromatic carbocycles. The molecular weight excluding hydrogens is 518 g/mol. The summed E-state index contributed by atoms with van der Waals surface area (Å²) in [7, 11) is 0. The van der Waals surface area contributed by atoms with Crippen LogP contribution in [0.25, 0.3) is 0 Å². The van der Waals surface area contributed by atoms with E-state index in [1.807, 2.05) is 12.1 Å². The molecule has 0 bridgehead atoms. The van der Waals surface area contributed by atoms with Gasteiger partial charge in [-0.2, -0.15) is 19.9 Å². The Morgan fingerprint density at radius 3 is 1.66 bits per heavy atom. The molecular formula is C20H11Cl5N6O. The van der Waals surface area contributed by atoms with Crippen LogP contribution >= 0.6 is 58.0 Å². The number of hydrogen-bond donors (Lipinski definition) is 2. The minimum Gasteiger partial charge on any atom is -0.403 e. The van der Waals surface area contributed by atoms with Crippen LogP contribution in [0.15, 0.2) is 54.6 Å². The molecule has 12 heteroatoms. The summed E-state index contributed by atoms with van der Waals surface area (Å²) in [6.07, 6.45) is 0. The van der Waals surface area contributed by atoms with Crippen LogP contribution in [0.3, 0.4) is 0 Å². The fourth-order valence-electron chi connectivity index (χ4n) is 2.47. The smallest absolute Gasteiger partial charge is 0.330 e. The molecule has 0 aliphatic heterocycles. The maximum Gasteiger partial charge on any atom is 0.330 e. The highest BCUT2D eigenvalue weighted by Crippen LogP contribution is 2.33. The van der Waals surface area contributed by atoms with E-state index in [9.17, 15) is 0 Å². The fourth-order valence-corrected chi connectivity index (χ4v) is 3.36. The molecule has 0 amide bonds. The van der Waals surface area contributed by atoms with Crippen molar-refractivity contribution in [3.8, 4) is 11.9 Å². The minimum absolute atomic E-state index is 0.0176. The molecule has 2 N–H and O–H groups in total. The molecule has 0 unspecified atom stereocenters. The van der Waals surface area contributed by atoms with E-state index in [2.05, 4.69) is 30.6 Å². The topological polar surface area (TPSA) is 84.9 Å². The number of nitrogens with zero attached hydrogens (tertiary/aromatic N) is 4. The van der Waals surface area contributed by atoms with Crippen LogP contribution in [0.5, 0.6) is 11.9 Å². The summed E-state index contributed by atoms with van der Waals surface area (Å²) in [5.41, 5.74) is 1.17. The van der Waals surface area contributed by atoms with E-state index in [1.54, 1.807) is 36.4 Å². The van der Waals surface area contributed by atoms with E-state index in [0.717, 1.165) is 0 Å². The number of halogens is 5. The number of benzene rings is 2. The highest BCUT2D eigenvalue weighted by atomic mass is 35.5. The standard InChI is InChI=1S/C20H11Cl5N6O/c21-10-5-1-3-7-14(10)26-18-29-19(27-15-8-4-2-6-11(15)22)31-20(30-18)32-17-13(24)9-12(23)16(25)28-17/h1-9H,(H2,26,27,29,30,31). The van der Waals surface area contributed by atoms with Crippen molar-refractivity contribution in [2.75, 3.05) is 10.6 Å². The van der Waals surface area contributed by atoms with Crippen molar-refractivity contribution in [1.82, 2.24) is 19.9 Å². The van der Waals surface area contributed by atoms with Gasteiger partial charge in [0.25, 0.3) is 0 Å². The van der Waals surface area contributed by atoms with Gasteiger partial charge in [-0.05, 0) is 30.3 Å². The Balaban J connectivity index is 1.72. The lowest BCUT2D eigenvalue weighted by Gasteiger charge is -2.12. The van der Waals surface area contributed by atoms with Crippen LogP contribution in [0, 0.1) is 0 Å².